The van der Waals surface area contributed by atoms with Gasteiger partial charge in [0.2, 0.25) is 5.91 Å². The van der Waals surface area contributed by atoms with E-state index in [-0.39, 0.29) is 38.6 Å². The third kappa shape index (κ3) is 7.00. The van der Waals surface area contributed by atoms with E-state index in [4.69, 9.17) is 18.9 Å². The largest absolute Gasteiger partial charge is 0.394 e. The lowest BCUT2D eigenvalue weighted by Gasteiger charge is -2.40. The third-order valence-corrected chi connectivity index (χ3v) is 5.64. The zero-order valence-electron chi connectivity index (χ0n) is 18.3. The highest BCUT2D eigenvalue weighted by molar-refractivity contribution is 5.75. The lowest BCUT2D eigenvalue weighted by molar-refractivity contribution is -0.303. The first kappa shape index (κ1) is 28.2. The Balaban J connectivity index is 1.84. The molecule has 0 radical (unpaired) electrons. The van der Waals surface area contributed by atoms with E-state index in [9.17, 15) is 45.6 Å². The fraction of sp³-hybridized carbons (Fsp3) is 0.947. The summed E-state index contributed by atoms with van der Waals surface area (Å²) in [6.45, 7) is 0.301. The zero-order valence-corrected chi connectivity index (χ0v) is 18.3. The smallest absolute Gasteiger partial charge is 0.222 e. The number of ether oxygens (including phenoxy) is 4. The molecule has 1 amide bonds. The van der Waals surface area contributed by atoms with Gasteiger partial charge < -0.3 is 64.7 Å². The summed E-state index contributed by atoms with van der Waals surface area (Å²) in [7, 11) is 0. The van der Waals surface area contributed by atoms with Crippen molar-refractivity contribution in [1.82, 2.24) is 4.90 Å². The van der Waals surface area contributed by atoms with Crippen molar-refractivity contribution in [3.63, 3.8) is 0 Å². The van der Waals surface area contributed by atoms with Crippen molar-refractivity contribution in [2.75, 3.05) is 39.5 Å². The van der Waals surface area contributed by atoms with Gasteiger partial charge in [0.05, 0.1) is 26.4 Å². The van der Waals surface area contributed by atoms with Gasteiger partial charge >= 0.3 is 0 Å². The molecule has 0 aromatic heterocycles. The molecule has 0 spiro atoms. The Kier molecular flexibility index (Phi) is 11.3. The Labute approximate surface area is 190 Å². The van der Waals surface area contributed by atoms with E-state index in [2.05, 4.69) is 0 Å². The summed E-state index contributed by atoms with van der Waals surface area (Å²) in [5.41, 5.74) is 0. The van der Waals surface area contributed by atoms with Gasteiger partial charge in [-0.15, -0.1) is 0 Å². The maximum Gasteiger partial charge on any atom is 0.222 e. The van der Waals surface area contributed by atoms with Gasteiger partial charge in [0.15, 0.2) is 12.6 Å². The third-order valence-electron chi connectivity index (χ3n) is 5.64. The van der Waals surface area contributed by atoms with E-state index in [1.807, 2.05) is 0 Å². The molecule has 2 fully saturated rings. The number of hydrogen-bond acceptors (Lipinski definition) is 13. The van der Waals surface area contributed by atoms with Crippen molar-refractivity contribution in [2.45, 2.75) is 74.8 Å². The first-order chi connectivity index (χ1) is 15.7. The number of aliphatic hydroxyl groups excluding tert-OH is 8. The van der Waals surface area contributed by atoms with Crippen LogP contribution in [0.25, 0.3) is 0 Å². The average molecular weight is 485 g/mol. The second-order valence-corrected chi connectivity index (χ2v) is 7.87. The molecule has 194 valence electrons. The summed E-state index contributed by atoms with van der Waals surface area (Å²) in [6, 6.07) is 0. The molecule has 2 saturated heterocycles. The molecule has 0 aliphatic carbocycles. The fourth-order valence-electron chi connectivity index (χ4n) is 3.55. The van der Waals surface area contributed by atoms with Crippen LogP contribution in [0.3, 0.4) is 0 Å². The molecule has 0 aromatic carbocycles. The number of carbonyl (C=O) groups is 1. The van der Waals surface area contributed by atoms with E-state index in [0.717, 1.165) is 0 Å². The van der Waals surface area contributed by atoms with Gasteiger partial charge in [-0.2, -0.15) is 0 Å². The van der Waals surface area contributed by atoms with Gasteiger partial charge in [-0.25, -0.2) is 0 Å². The van der Waals surface area contributed by atoms with Gasteiger partial charge in [0.25, 0.3) is 0 Å². The van der Waals surface area contributed by atoms with Crippen LogP contribution in [0.1, 0.15) is 13.3 Å². The minimum absolute atomic E-state index is 0.0414. The molecule has 2 aliphatic heterocycles. The van der Waals surface area contributed by atoms with Crippen LogP contribution in [-0.2, 0) is 23.7 Å². The summed E-state index contributed by atoms with van der Waals surface area (Å²) in [5, 5.41) is 77.6. The van der Waals surface area contributed by atoms with Crippen LogP contribution in [0.4, 0.5) is 0 Å². The number of rotatable bonds is 11. The Bertz CT molecular complexity index is 552. The monoisotopic (exact) mass is 485 g/mol. The Morgan fingerprint density at radius 2 is 1.12 bits per heavy atom. The standard InChI is InChI=1S/C19H35NO13/c1-2-11(23)20(3-5-30-18-16(28)14(26)12(24)9(7-21)32-18)4-6-31-19-17(29)15(27)13(25)10(8-22)33-19/h9-10,12-19,21-22,24-29H,2-8H2,1H3/t9?,10?,12-,13-,14?,15?,16?,17?,18+,19+/m1/s1. The average Bonchev–Trinajstić information content (AvgIpc) is 2.82. The molecule has 33 heavy (non-hydrogen) atoms. The predicted molar refractivity (Wildman–Crippen MR) is 106 cm³/mol. The Morgan fingerprint density at radius 1 is 0.727 bits per heavy atom. The van der Waals surface area contributed by atoms with Gasteiger partial charge in [0, 0.05) is 19.5 Å². The van der Waals surface area contributed by atoms with Gasteiger partial charge in [-0.1, -0.05) is 6.92 Å². The van der Waals surface area contributed by atoms with Crippen LogP contribution in [0.2, 0.25) is 0 Å². The van der Waals surface area contributed by atoms with Crippen LogP contribution in [0, 0.1) is 0 Å². The highest BCUT2D eigenvalue weighted by Crippen LogP contribution is 2.23. The van der Waals surface area contributed by atoms with Gasteiger partial charge in [0.1, 0.15) is 48.8 Å². The minimum Gasteiger partial charge on any atom is -0.394 e. The van der Waals surface area contributed by atoms with Crippen molar-refractivity contribution < 1.29 is 64.6 Å². The van der Waals surface area contributed by atoms with Crippen molar-refractivity contribution in [3.8, 4) is 0 Å². The molecule has 14 heteroatoms. The molecule has 10 atom stereocenters. The lowest BCUT2D eigenvalue weighted by Crippen LogP contribution is -2.59. The number of hydrogen-bond donors (Lipinski definition) is 8. The maximum absolute atomic E-state index is 12.2. The summed E-state index contributed by atoms with van der Waals surface area (Å²) < 4.78 is 21.3. The predicted octanol–water partition coefficient (Wildman–Crippen LogP) is -5.14. The van der Waals surface area contributed by atoms with Crippen LogP contribution >= 0.6 is 0 Å². The fourth-order valence-corrected chi connectivity index (χ4v) is 3.55. The molecule has 8 N–H and O–H groups in total. The minimum atomic E-state index is -1.58. The first-order valence-corrected chi connectivity index (χ1v) is 10.8. The molecule has 0 aromatic rings. The summed E-state index contributed by atoms with van der Waals surface area (Å²) in [6.07, 6.45) is -14.0. The van der Waals surface area contributed by atoms with Gasteiger partial charge in [-0.3, -0.25) is 4.79 Å². The molecule has 0 saturated carbocycles. The molecule has 0 bridgehead atoms. The SMILES string of the molecule is CCC(=O)N(CCO[C@H]1OC(CO)[C@@H](O)C(O)C1O)CCO[C@H]1OC(CO)[C@@H](O)C(O)C1O. The van der Waals surface area contributed by atoms with Gasteiger partial charge in [-0.05, 0) is 0 Å². The summed E-state index contributed by atoms with van der Waals surface area (Å²) in [5.74, 6) is -0.259. The first-order valence-electron chi connectivity index (χ1n) is 10.8. The van der Waals surface area contributed by atoms with Crippen LogP contribution in [0.15, 0.2) is 0 Å². The highest BCUT2D eigenvalue weighted by atomic mass is 16.7. The molecule has 14 nitrogen and oxygen atoms in total. The molecular weight excluding hydrogens is 450 g/mol. The van der Waals surface area contributed by atoms with Crippen molar-refractivity contribution in [3.05, 3.63) is 0 Å². The van der Waals surface area contributed by atoms with E-state index in [0.29, 0.717) is 0 Å². The molecule has 6 unspecified atom stereocenters. The van der Waals surface area contributed by atoms with Crippen molar-refractivity contribution in [1.29, 1.82) is 0 Å². The van der Waals surface area contributed by atoms with E-state index in [1.54, 1.807) is 6.92 Å². The van der Waals surface area contributed by atoms with Crippen LogP contribution in [0.5, 0.6) is 0 Å². The van der Waals surface area contributed by atoms with E-state index < -0.39 is 74.6 Å². The Hall–Kier alpha value is -1.01. The number of nitrogens with zero attached hydrogens (tertiary/aromatic N) is 1. The lowest BCUT2D eigenvalue weighted by atomic mass is 9.99. The van der Waals surface area contributed by atoms with Crippen LogP contribution < -0.4 is 0 Å². The van der Waals surface area contributed by atoms with E-state index in [1.165, 1.54) is 4.90 Å². The molecule has 2 aliphatic rings. The van der Waals surface area contributed by atoms with Crippen molar-refractivity contribution >= 4 is 5.91 Å². The maximum atomic E-state index is 12.2. The second kappa shape index (κ2) is 13.2. The number of carbonyl (C=O) groups excluding carboxylic acids is 1. The summed E-state index contributed by atoms with van der Waals surface area (Å²) >= 11 is 0. The highest BCUT2D eigenvalue weighted by Gasteiger charge is 2.45. The number of aliphatic hydroxyl groups is 8. The normalized spacial score (nSPS) is 39.4. The topological polar surface area (TPSA) is 219 Å². The molecule has 2 rings (SSSR count). The Morgan fingerprint density at radius 3 is 1.45 bits per heavy atom. The van der Waals surface area contributed by atoms with Crippen LogP contribution in [-0.4, -0.2) is 153 Å². The number of amides is 1. The summed E-state index contributed by atoms with van der Waals surface area (Å²) in [4.78, 5) is 13.6. The van der Waals surface area contributed by atoms with E-state index >= 15 is 0 Å². The quantitative estimate of drug-likeness (QED) is 0.137. The second-order valence-electron chi connectivity index (χ2n) is 7.87. The molecule has 2 heterocycles. The van der Waals surface area contributed by atoms with Crippen molar-refractivity contribution in [2.24, 2.45) is 0 Å². The molecular formula is C19H35NO13. The zero-order chi connectivity index (χ0) is 24.7.